The number of nitrogens with one attached hydrogen (secondary N) is 1. The van der Waals surface area contributed by atoms with Crippen molar-refractivity contribution in [1.82, 2.24) is 10.2 Å². The molecule has 0 unspecified atom stereocenters. The lowest BCUT2D eigenvalue weighted by molar-refractivity contribution is -0.140. The second-order valence-corrected chi connectivity index (χ2v) is 4.37. The van der Waals surface area contributed by atoms with E-state index < -0.39 is 11.4 Å². The first-order chi connectivity index (χ1) is 6.72. The number of carboxylic acids is 1. The second-order valence-electron chi connectivity index (χ2n) is 4.37. The van der Waals surface area contributed by atoms with E-state index in [-0.39, 0.29) is 0 Å². The highest BCUT2D eigenvalue weighted by molar-refractivity contribution is 5.84. The SMILES string of the molecule is O=C(O)C1(c2cc(C3CC3)[nH]n2)CC1. The van der Waals surface area contributed by atoms with Crippen LogP contribution in [0.25, 0.3) is 0 Å². The van der Waals surface area contributed by atoms with Crippen LogP contribution in [0.4, 0.5) is 0 Å². The molecule has 2 N–H and O–H groups in total. The standard InChI is InChI=1S/C10H12N2O2/c13-9(14)10(3-4-10)8-5-7(11-12-8)6-1-2-6/h5-6H,1-4H2,(H,11,12)(H,13,14). The maximum absolute atomic E-state index is 11.0. The molecule has 0 saturated heterocycles. The summed E-state index contributed by atoms with van der Waals surface area (Å²) >= 11 is 0. The molecule has 2 fully saturated rings. The van der Waals surface area contributed by atoms with Crippen LogP contribution in [0.5, 0.6) is 0 Å². The molecule has 2 saturated carbocycles. The fourth-order valence-corrected chi connectivity index (χ4v) is 1.89. The van der Waals surface area contributed by atoms with E-state index in [1.54, 1.807) is 0 Å². The van der Waals surface area contributed by atoms with Gasteiger partial charge < -0.3 is 5.11 Å². The molecule has 1 aromatic heterocycles. The number of rotatable bonds is 3. The number of carbonyl (C=O) groups is 1. The van der Waals surface area contributed by atoms with Gasteiger partial charge in [0.25, 0.3) is 0 Å². The zero-order valence-electron chi connectivity index (χ0n) is 7.79. The molecular weight excluding hydrogens is 180 g/mol. The van der Waals surface area contributed by atoms with E-state index in [1.165, 1.54) is 12.8 Å². The van der Waals surface area contributed by atoms with E-state index in [9.17, 15) is 4.79 Å². The van der Waals surface area contributed by atoms with E-state index in [2.05, 4.69) is 10.2 Å². The third-order valence-electron chi connectivity index (χ3n) is 3.26. The lowest BCUT2D eigenvalue weighted by Gasteiger charge is -2.03. The van der Waals surface area contributed by atoms with Gasteiger partial charge in [-0.25, -0.2) is 0 Å². The minimum Gasteiger partial charge on any atom is -0.481 e. The van der Waals surface area contributed by atoms with Crippen LogP contribution >= 0.6 is 0 Å². The van der Waals surface area contributed by atoms with Crippen LogP contribution in [0.1, 0.15) is 43.0 Å². The van der Waals surface area contributed by atoms with E-state index in [0.717, 1.165) is 24.2 Å². The van der Waals surface area contributed by atoms with Gasteiger partial charge >= 0.3 is 5.97 Å². The first kappa shape index (κ1) is 8.03. The Hall–Kier alpha value is -1.32. The Labute approximate surface area is 81.3 Å². The van der Waals surface area contributed by atoms with Crippen molar-refractivity contribution < 1.29 is 9.90 Å². The zero-order chi connectivity index (χ0) is 9.76. The fraction of sp³-hybridized carbons (Fsp3) is 0.600. The molecule has 2 aliphatic carbocycles. The van der Waals surface area contributed by atoms with Crippen molar-refractivity contribution in [2.24, 2.45) is 0 Å². The van der Waals surface area contributed by atoms with Crippen LogP contribution in [0.2, 0.25) is 0 Å². The number of carboxylic acid groups (broad SMARTS) is 1. The zero-order valence-corrected chi connectivity index (χ0v) is 7.79. The Balaban J connectivity index is 1.92. The van der Waals surface area contributed by atoms with E-state index >= 15 is 0 Å². The van der Waals surface area contributed by atoms with Gasteiger partial charge in [0.1, 0.15) is 5.41 Å². The Kier molecular flexibility index (Phi) is 1.36. The van der Waals surface area contributed by atoms with Gasteiger partial charge in [0.15, 0.2) is 0 Å². The topological polar surface area (TPSA) is 66.0 Å². The summed E-state index contributed by atoms with van der Waals surface area (Å²) in [6, 6.07) is 1.94. The molecule has 0 aromatic carbocycles. The molecule has 0 radical (unpaired) electrons. The van der Waals surface area contributed by atoms with Crippen LogP contribution in [0, 0.1) is 0 Å². The van der Waals surface area contributed by atoms with Crippen molar-refractivity contribution in [3.8, 4) is 0 Å². The monoisotopic (exact) mass is 192 g/mol. The van der Waals surface area contributed by atoms with E-state index in [0.29, 0.717) is 5.92 Å². The lowest BCUT2D eigenvalue weighted by atomic mass is 10.0. The summed E-state index contributed by atoms with van der Waals surface area (Å²) in [5.74, 6) is -0.118. The lowest BCUT2D eigenvalue weighted by Crippen LogP contribution is -2.19. The molecule has 4 heteroatoms. The second kappa shape index (κ2) is 2.38. The van der Waals surface area contributed by atoms with Crippen molar-refractivity contribution in [1.29, 1.82) is 0 Å². The van der Waals surface area contributed by atoms with Crippen molar-refractivity contribution in [3.05, 3.63) is 17.5 Å². The summed E-state index contributed by atoms with van der Waals surface area (Å²) in [7, 11) is 0. The van der Waals surface area contributed by atoms with Crippen LogP contribution in [-0.4, -0.2) is 21.3 Å². The molecule has 0 aliphatic heterocycles. The molecule has 1 heterocycles. The molecular formula is C10H12N2O2. The highest BCUT2D eigenvalue weighted by Crippen LogP contribution is 2.49. The van der Waals surface area contributed by atoms with Crippen LogP contribution in [-0.2, 0) is 10.2 Å². The summed E-state index contributed by atoms with van der Waals surface area (Å²) in [6.45, 7) is 0. The predicted octanol–water partition coefficient (Wildman–Crippen LogP) is 1.40. The van der Waals surface area contributed by atoms with Gasteiger partial charge in [-0.3, -0.25) is 9.89 Å². The number of hydrogen-bond donors (Lipinski definition) is 2. The molecule has 3 rings (SSSR count). The maximum atomic E-state index is 11.0. The summed E-state index contributed by atoms with van der Waals surface area (Å²) in [6.07, 6.45) is 3.89. The van der Waals surface area contributed by atoms with Gasteiger partial charge in [-0.05, 0) is 31.7 Å². The van der Waals surface area contributed by atoms with E-state index in [1.807, 2.05) is 6.07 Å². The van der Waals surface area contributed by atoms with Gasteiger partial charge in [-0.15, -0.1) is 0 Å². The molecule has 0 amide bonds. The van der Waals surface area contributed by atoms with Gasteiger partial charge in [-0.2, -0.15) is 5.10 Å². The highest BCUT2D eigenvalue weighted by atomic mass is 16.4. The smallest absolute Gasteiger partial charge is 0.315 e. The molecule has 4 nitrogen and oxygen atoms in total. The molecule has 1 aromatic rings. The highest BCUT2D eigenvalue weighted by Gasteiger charge is 2.54. The first-order valence-electron chi connectivity index (χ1n) is 5.01. The average Bonchev–Trinajstić information content (AvgIpc) is 3.06. The van der Waals surface area contributed by atoms with E-state index in [4.69, 9.17) is 5.11 Å². The largest absolute Gasteiger partial charge is 0.481 e. The minimum absolute atomic E-state index is 0.612. The van der Waals surface area contributed by atoms with Crippen molar-refractivity contribution in [2.75, 3.05) is 0 Å². The number of H-pyrrole nitrogens is 1. The van der Waals surface area contributed by atoms with Crippen LogP contribution in [0.3, 0.4) is 0 Å². The fourth-order valence-electron chi connectivity index (χ4n) is 1.89. The quantitative estimate of drug-likeness (QED) is 0.760. The Morgan fingerprint density at radius 1 is 1.57 bits per heavy atom. The average molecular weight is 192 g/mol. The van der Waals surface area contributed by atoms with Gasteiger partial charge in [0, 0.05) is 11.6 Å². The van der Waals surface area contributed by atoms with Crippen molar-refractivity contribution in [2.45, 2.75) is 37.0 Å². The number of aromatic nitrogens is 2. The Morgan fingerprint density at radius 2 is 2.29 bits per heavy atom. The third kappa shape index (κ3) is 0.997. The van der Waals surface area contributed by atoms with Gasteiger partial charge in [-0.1, -0.05) is 0 Å². The predicted molar refractivity (Wildman–Crippen MR) is 49.1 cm³/mol. The molecule has 0 atom stereocenters. The Morgan fingerprint density at radius 3 is 2.79 bits per heavy atom. The number of aliphatic carboxylic acids is 1. The normalized spacial score (nSPS) is 23.4. The van der Waals surface area contributed by atoms with Gasteiger partial charge in [0.2, 0.25) is 0 Å². The molecule has 74 valence electrons. The summed E-state index contributed by atoms with van der Waals surface area (Å²) < 4.78 is 0. The molecule has 14 heavy (non-hydrogen) atoms. The van der Waals surface area contributed by atoms with Crippen LogP contribution < -0.4 is 0 Å². The third-order valence-corrected chi connectivity index (χ3v) is 3.26. The summed E-state index contributed by atoms with van der Waals surface area (Å²) in [5.41, 5.74) is 1.20. The minimum atomic E-state index is -0.730. The first-order valence-corrected chi connectivity index (χ1v) is 5.01. The Bertz CT molecular complexity index is 389. The molecule has 0 spiro atoms. The van der Waals surface area contributed by atoms with Crippen LogP contribution in [0.15, 0.2) is 6.07 Å². The number of nitrogens with zero attached hydrogens (tertiary/aromatic N) is 1. The molecule has 0 bridgehead atoms. The summed E-state index contributed by atoms with van der Waals surface area (Å²) in [5, 5.41) is 16.1. The number of aromatic amines is 1. The van der Waals surface area contributed by atoms with Crippen molar-refractivity contribution >= 4 is 5.97 Å². The summed E-state index contributed by atoms with van der Waals surface area (Å²) in [4.78, 5) is 11.0. The van der Waals surface area contributed by atoms with Gasteiger partial charge in [0.05, 0.1) is 5.69 Å². The maximum Gasteiger partial charge on any atom is 0.315 e. The van der Waals surface area contributed by atoms with Crippen molar-refractivity contribution in [3.63, 3.8) is 0 Å². The number of hydrogen-bond acceptors (Lipinski definition) is 2. The molecule has 2 aliphatic rings.